The number of nitrogens with one attached hydrogen (secondary N) is 1. The lowest BCUT2D eigenvalue weighted by Gasteiger charge is -2.32. The van der Waals surface area contributed by atoms with Crippen molar-refractivity contribution < 1.29 is 4.79 Å². The summed E-state index contributed by atoms with van der Waals surface area (Å²) in [5.41, 5.74) is 3.98. The fourth-order valence-electron chi connectivity index (χ4n) is 3.35. The van der Waals surface area contributed by atoms with Crippen LogP contribution in [0.1, 0.15) is 18.4 Å². The second kappa shape index (κ2) is 7.19. The van der Waals surface area contributed by atoms with Crippen molar-refractivity contribution in [3.8, 4) is 0 Å². The van der Waals surface area contributed by atoms with Crippen molar-refractivity contribution in [1.29, 1.82) is 0 Å². The minimum absolute atomic E-state index is 0.0106. The number of amides is 1. The highest BCUT2D eigenvalue weighted by molar-refractivity contribution is 7.16. The van der Waals surface area contributed by atoms with E-state index in [4.69, 9.17) is 0 Å². The van der Waals surface area contributed by atoms with E-state index in [1.54, 1.807) is 17.5 Å². The van der Waals surface area contributed by atoms with E-state index in [9.17, 15) is 4.79 Å². The fourth-order valence-corrected chi connectivity index (χ4v) is 4.16. The summed E-state index contributed by atoms with van der Waals surface area (Å²) >= 11 is 1.62. The Morgan fingerprint density at radius 3 is 3.08 bits per heavy atom. The molecule has 1 fully saturated rings. The van der Waals surface area contributed by atoms with Crippen LogP contribution in [0.4, 0.5) is 5.82 Å². The number of anilines is 1. The number of benzene rings is 1. The molecule has 0 radical (unpaired) electrons. The van der Waals surface area contributed by atoms with E-state index in [0.29, 0.717) is 6.54 Å². The summed E-state index contributed by atoms with van der Waals surface area (Å²) in [5, 5.41) is 3.12. The molecule has 6 heteroatoms. The van der Waals surface area contributed by atoms with Gasteiger partial charge in [0.1, 0.15) is 5.82 Å². The summed E-state index contributed by atoms with van der Waals surface area (Å²) in [4.78, 5) is 23.6. The van der Waals surface area contributed by atoms with Crippen molar-refractivity contribution in [2.24, 2.45) is 5.92 Å². The van der Waals surface area contributed by atoms with Crippen LogP contribution >= 0.6 is 11.3 Å². The van der Waals surface area contributed by atoms with E-state index >= 15 is 0 Å². The molecular weight excluding hydrogens is 332 g/mol. The van der Waals surface area contributed by atoms with Gasteiger partial charge in [-0.1, -0.05) is 18.2 Å². The van der Waals surface area contributed by atoms with Crippen LogP contribution in [0.3, 0.4) is 0 Å². The van der Waals surface area contributed by atoms with Gasteiger partial charge < -0.3 is 10.2 Å². The van der Waals surface area contributed by atoms with Crippen LogP contribution in [0, 0.1) is 5.92 Å². The van der Waals surface area contributed by atoms with E-state index in [-0.39, 0.29) is 11.8 Å². The third-order valence-electron chi connectivity index (χ3n) is 4.66. The van der Waals surface area contributed by atoms with Gasteiger partial charge in [0, 0.05) is 25.8 Å². The van der Waals surface area contributed by atoms with Crippen molar-refractivity contribution in [1.82, 2.24) is 15.3 Å². The maximum Gasteiger partial charge on any atom is 0.225 e. The maximum atomic E-state index is 12.7. The highest BCUT2D eigenvalue weighted by Gasteiger charge is 2.26. The molecule has 2 aromatic heterocycles. The lowest BCUT2D eigenvalue weighted by molar-refractivity contribution is -0.125. The number of aromatic nitrogens is 2. The average Bonchev–Trinajstić information content (AvgIpc) is 3.16. The van der Waals surface area contributed by atoms with Gasteiger partial charge in [-0.2, -0.15) is 0 Å². The third kappa shape index (κ3) is 3.49. The molecule has 1 unspecified atom stereocenters. The normalized spacial score (nSPS) is 17.6. The van der Waals surface area contributed by atoms with E-state index in [1.165, 1.54) is 0 Å². The van der Waals surface area contributed by atoms with Crippen LogP contribution in [-0.2, 0) is 11.3 Å². The number of carbonyl (C=O) groups excluding carboxylic acids is 1. The standard InChI is InChI=1S/C19H20N4OS/c24-19(21-11-14-5-3-7-16-18(14)25-13-22-16)15-6-4-10-23(12-15)17-8-1-2-9-20-17/h1-3,5,7-9,13,15H,4,6,10-12H2,(H,21,24). The predicted octanol–water partition coefficient (Wildman–Crippen LogP) is 3.22. The monoisotopic (exact) mass is 352 g/mol. The first-order valence-electron chi connectivity index (χ1n) is 8.56. The number of fused-ring (bicyclic) bond motifs is 1. The quantitative estimate of drug-likeness (QED) is 0.783. The average molecular weight is 352 g/mol. The maximum absolute atomic E-state index is 12.7. The molecule has 1 aliphatic rings. The molecule has 0 aliphatic carbocycles. The Morgan fingerprint density at radius 1 is 1.24 bits per heavy atom. The Kier molecular flexibility index (Phi) is 4.61. The lowest BCUT2D eigenvalue weighted by Crippen LogP contribution is -2.43. The van der Waals surface area contributed by atoms with Crippen molar-refractivity contribution in [3.05, 3.63) is 53.7 Å². The molecule has 0 bridgehead atoms. The van der Waals surface area contributed by atoms with Gasteiger partial charge in [0.15, 0.2) is 0 Å². The van der Waals surface area contributed by atoms with Gasteiger partial charge in [-0.05, 0) is 36.6 Å². The van der Waals surface area contributed by atoms with E-state index < -0.39 is 0 Å². The van der Waals surface area contributed by atoms with Gasteiger partial charge in [-0.15, -0.1) is 11.3 Å². The number of pyridine rings is 1. The summed E-state index contributed by atoms with van der Waals surface area (Å²) < 4.78 is 1.15. The molecule has 25 heavy (non-hydrogen) atoms. The fraction of sp³-hybridized carbons (Fsp3) is 0.316. The number of rotatable bonds is 4. The zero-order valence-electron chi connectivity index (χ0n) is 13.9. The zero-order chi connectivity index (χ0) is 17.1. The molecule has 128 valence electrons. The molecule has 0 saturated carbocycles. The van der Waals surface area contributed by atoms with Crippen LogP contribution in [0.15, 0.2) is 48.1 Å². The Bertz CT molecular complexity index is 864. The van der Waals surface area contributed by atoms with E-state index in [1.807, 2.05) is 35.8 Å². The Balaban J connectivity index is 1.40. The van der Waals surface area contributed by atoms with Gasteiger partial charge in [0.05, 0.1) is 21.6 Å². The summed E-state index contributed by atoms with van der Waals surface area (Å²) in [5.74, 6) is 1.09. The highest BCUT2D eigenvalue weighted by atomic mass is 32.1. The second-order valence-electron chi connectivity index (χ2n) is 6.31. The number of carbonyl (C=O) groups is 1. The molecule has 4 rings (SSSR count). The van der Waals surface area contributed by atoms with Crippen molar-refractivity contribution in [2.75, 3.05) is 18.0 Å². The number of hydrogen-bond acceptors (Lipinski definition) is 5. The molecule has 0 spiro atoms. The predicted molar refractivity (Wildman–Crippen MR) is 101 cm³/mol. The van der Waals surface area contributed by atoms with Crippen LogP contribution in [-0.4, -0.2) is 29.0 Å². The molecule has 1 amide bonds. The molecule has 1 N–H and O–H groups in total. The van der Waals surface area contributed by atoms with Gasteiger partial charge in [0.2, 0.25) is 5.91 Å². The largest absolute Gasteiger partial charge is 0.356 e. The van der Waals surface area contributed by atoms with Crippen LogP contribution < -0.4 is 10.2 Å². The molecule has 3 heterocycles. The van der Waals surface area contributed by atoms with Gasteiger partial charge >= 0.3 is 0 Å². The number of nitrogens with zero attached hydrogens (tertiary/aromatic N) is 3. The number of thiazole rings is 1. The lowest BCUT2D eigenvalue weighted by atomic mass is 9.97. The zero-order valence-corrected chi connectivity index (χ0v) is 14.7. The van der Waals surface area contributed by atoms with Crippen LogP contribution in [0.2, 0.25) is 0 Å². The third-order valence-corrected chi connectivity index (χ3v) is 5.57. The summed E-state index contributed by atoms with van der Waals surface area (Å²) in [6, 6.07) is 12.0. The molecule has 1 atom stereocenters. The Morgan fingerprint density at radius 2 is 2.20 bits per heavy atom. The van der Waals surface area contributed by atoms with Crippen LogP contribution in [0.25, 0.3) is 10.2 Å². The van der Waals surface area contributed by atoms with Gasteiger partial charge in [-0.3, -0.25) is 4.79 Å². The SMILES string of the molecule is O=C(NCc1cccc2ncsc12)C1CCCN(c2ccccn2)C1. The van der Waals surface area contributed by atoms with Gasteiger partial charge in [-0.25, -0.2) is 9.97 Å². The number of hydrogen-bond donors (Lipinski definition) is 1. The summed E-state index contributed by atoms with van der Waals surface area (Å²) in [6.45, 7) is 2.24. The van der Waals surface area contributed by atoms with Crippen molar-refractivity contribution in [2.45, 2.75) is 19.4 Å². The highest BCUT2D eigenvalue weighted by Crippen LogP contribution is 2.23. The molecule has 1 aromatic carbocycles. The molecular formula is C19H20N4OS. The molecule has 1 aliphatic heterocycles. The minimum Gasteiger partial charge on any atom is -0.356 e. The smallest absolute Gasteiger partial charge is 0.225 e. The van der Waals surface area contributed by atoms with Gasteiger partial charge in [0.25, 0.3) is 0 Å². The Hall–Kier alpha value is -2.47. The summed E-state index contributed by atoms with van der Waals surface area (Å²) in [7, 11) is 0. The van der Waals surface area contributed by atoms with E-state index in [0.717, 1.165) is 47.5 Å². The second-order valence-corrected chi connectivity index (χ2v) is 7.16. The van der Waals surface area contributed by atoms with Crippen molar-refractivity contribution >= 4 is 33.3 Å². The first-order valence-corrected chi connectivity index (χ1v) is 9.44. The summed E-state index contributed by atoms with van der Waals surface area (Å²) in [6.07, 6.45) is 3.74. The van der Waals surface area contributed by atoms with Crippen LogP contribution in [0.5, 0.6) is 0 Å². The van der Waals surface area contributed by atoms with E-state index in [2.05, 4.69) is 26.3 Å². The van der Waals surface area contributed by atoms with Crippen molar-refractivity contribution in [3.63, 3.8) is 0 Å². The molecule has 1 saturated heterocycles. The topological polar surface area (TPSA) is 58.1 Å². The molecule has 5 nitrogen and oxygen atoms in total. The first kappa shape index (κ1) is 16.0. The first-order chi connectivity index (χ1) is 12.3. The molecule has 3 aromatic rings. The minimum atomic E-state index is 0.0106. The Labute approximate surface area is 150 Å². The number of piperidine rings is 1.